The molecule has 0 unspecified atom stereocenters. The number of aromatic nitrogens is 2. The lowest BCUT2D eigenvalue weighted by atomic mass is 9.72. The van der Waals surface area contributed by atoms with E-state index in [4.69, 9.17) is 0 Å². The van der Waals surface area contributed by atoms with Crippen LogP contribution in [0.3, 0.4) is 0 Å². The third-order valence-corrected chi connectivity index (χ3v) is 5.15. The molecule has 0 N–H and O–H groups in total. The zero-order chi connectivity index (χ0) is 16.9. The van der Waals surface area contributed by atoms with E-state index in [2.05, 4.69) is 64.6 Å². The van der Waals surface area contributed by atoms with Crippen molar-refractivity contribution >= 4 is 0 Å². The van der Waals surface area contributed by atoms with Crippen molar-refractivity contribution in [2.45, 2.75) is 24.7 Å². The second-order valence-corrected chi connectivity index (χ2v) is 6.72. The number of allylic oxidation sites excluding steroid dienone is 2. The summed E-state index contributed by atoms with van der Waals surface area (Å²) < 4.78 is 0. The van der Waals surface area contributed by atoms with Crippen LogP contribution in [0.2, 0.25) is 0 Å². The topological polar surface area (TPSA) is 25.8 Å². The summed E-state index contributed by atoms with van der Waals surface area (Å²) in [5.41, 5.74) is 3.96. The molecule has 1 aliphatic rings. The first-order valence-corrected chi connectivity index (χ1v) is 8.93. The first kappa shape index (κ1) is 15.8. The zero-order valence-corrected chi connectivity index (χ0v) is 14.2. The second-order valence-electron chi connectivity index (χ2n) is 6.72. The molecule has 0 spiro atoms. The van der Waals surface area contributed by atoms with Gasteiger partial charge in [-0.2, -0.15) is 0 Å². The van der Waals surface area contributed by atoms with Gasteiger partial charge in [0.1, 0.15) is 0 Å². The van der Waals surface area contributed by atoms with Crippen LogP contribution in [0.25, 0.3) is 0 Å². The van der Waals surface area contributed by atoms with Crippen molar-refractivity contribution in [3.63, 3.8) is 0 Å². The number of benzene rings is 1. The third-order valence-electron chi connectivity index (χ3n) is 5.15. The highest BCUT2D eigenvalue weighted by Gasteiger charge is 2.28. The molecule has 25 heavy (non-hydrogen) atoms. The Balaban J connectivity index is 1.68. The van der Waals surface area contributed by atoms with Crippen molar-refractivity contribution in [3.05, 3.63) is 108 Å². The largest absolute Gasteiger partial charge is 0.264 e. The van der Waals surface area contributed by atoms with Gasteiger partial charge >= 0.3 is 0 Å². The van der Waals surface area contributed by atoms with Crippen LogP contribution in [-0.4, -0.2) is 9.97 Å². The average Bonchev–Trinajstić information content (AvgIpc) is 2.71. The van der Waals surface area contributed by atoms with Crippen molar-refractivity contribution in [2.24, 2.45) is 5.92 Å². The van der Waals surface area contributed by atoms with Crippen LogP contribution in [0.4, 0.5) is 0 Å². The van der Waals surface area contributed by atoms with Gasteiger partial charge in [-0.3, -0.25) is 9.97 Å². The lowest BCUT2D eigenvalue weighted by Crippen LogP contribution is -2.19. The molecule has 1 aliphatic carbocycles. The van der Waals surface area contributed by atoms with Crippen LogP contribution in [0.15, 0.2) is 91.5 Å². The van der Waals surface area contributed by atoms with Gasteiger partial charge in [-0.1, -0.05) is 54.6 Å². The zero-order valence-electron chi connectivity index (χ0n) is 14.2. The Bertz CT molecular complexity index is 773. The summed E-state index contributed by atoms with van der Waals surface area (Å²) in [6, 6.07) is 19.3. The van der Waals surface area contributed by atoms with E-state index in [0.29, 0.717) is 17.8 Å². The van der Waals surface area contributed by atoms with E-state index in [0.717, 1.165) is 12.8 Å². The Morgan fingerprint density at radius 1 is 0.800 bits per heavy atom. The van der Waals surface area contributed by atoms with Gasteiger partial charge in [0.2, 0.25) is 0 Å². The molecule has 2 atom stereocenters. The lowest BCUT2D eigenvalue weighted by molar-refractivity contribution is 0.445. The van der Waals surface area contributed by atoms with Crippen molar-refractivity contribution in [3.8, 4) is 0 Å². The standard InChI is InChI=1S/C23H22N2/c1-2-7-18(8-3-1)19-9-4-10-20(15-19)23(21-11-5-13-24-16-21)22-12-6-14-25-17-22/h1-8,10-14,16-17,19-20,23H,9,15H2/t19-,20+/m0/s1. The molecule has 4 rings (SSSR count). The van der Waals surface area contributed by atoms with E-state index < -0.39 is 0 Å². The molecular weight excluding hydrogens is 304 g/mol. The summed E-state index contributed by atoms with van der Waals surface area (Å²) in [5.74, 6) is 1.32. The number of nitrogens with zero attached hydrogens (tertiary/aromatic N) is 2. The molecule has 0 radical (unpaired) electrons. The molecule has 3 aromatic rings. The monoisotopic (exact) mass is 326 g/mol. The Labute approximate surface area is 149 Å². The highest BCUT2D eigenvalue weighted by Crippen LogP contribution is 2.41. The number of pyridine rings is 2. The van der Waals surface area contributed by atoms with E-state index in [1.807, 2.05) is 36.9 Å². The minimum Gasteiger partial charge on any atom is -0.264 e. The van der Waals surface area contributed by atoms with Crippen LogP contribution in [0.1, 0.15) is 41.4 Å². The van der Waals surface area contributed by atoms with E-state index >= 15 is 0 Å². The van der Waals surface area contributed by atoms with Crippen LogP contribution in [-0.2, 0) is 0 Å². The van der Waals surface area contributed by atoms with Gasteiger partial charge in [0.15, 0.2) is 0 Å². The van der Waals surface area contributed by atoms with Gasteiger partial charge in [-0.15, -0.1) is 0 Å². The average molecular weight is 326 g/mol. The SMILES string of the molecule is C1=C[C@@H](C(c2cccnc2)c2cccnc2)C[C@@H](c2ccccc2)C1. The van der Waals surface area contributed by atoms with Crippen LogP contribution >= 0.6 is 0 Å². The summed E-state index contributed by atoms with van der Waals surface area (Å²) in [7, 11) is 0. The Kier molecular flexibility index (Phi) is 4.69. The fourth-order valence-corrected chi connectivity index (χ4v) is 3.97. The second kappa shape index (κ2) is 7.43. The molecule has 0 fully saturated rings. The fraction of sp³-hybridized carbons (Fsp3) is 0.217. The van der Waals surface area contributed by atoms with Crippen molar-refractivity contribution in [1.82, 2.24) is 9.97 Å². The quantitative estimate of drug-likeness (QED) is 0.603. The Morgan fingerprint density at radius 3 is 2.08 bits per heavy atom. The number of rotatable bonds is 4. The molecular formula is C23H22N2. The molecule has 1 aromatic carbocycles. The number of hydrogen-bond donors (Lipinski definition) is 0. The summed E-state index contributed by atoms with van der Waals surface area (Å²) in [6.45, 7) is 0. The van der Waals surface area contributed by atoms with Gasteiger partial charge in [0, 0.05) is 30.7 Å². The predicted molar refractivity (Wildman–Crippen MR) is 101 cm³/mol. The summed E-state index contributed by atoms with van der Waals surface area (Å²) in [6.07, 6.45) is 14.7. The molecule has 2 nitrogen and oxygen atoms in total. The van der Waals surface area contributed by atoms with E-state index in [1.165, 1.54) is 16.7 Å². The van der Waals surface area contributed by atoms with Crippen LogP contribution in [0.5, 0.6) is 0 Å². The van der Waals surface area contributed by atoms with Gasteiger partial charge < -0.3 is 0 Å². The first-order valence-electron chi connectivity index (χ1n) is 8.93. The molecule has 2 heterocycles. The predicted octanol–water partition coefficient (Wildman–Crippen LogP) is 5.36. The highest BCUT2D eigenvalue weighted by atomic mass is 14.6. The van der Waals surface area contributed by atoms with Gasteiger partial charge in [0.05, 0.1) is 0 Å². The molecule has 2 aromatic heterocycles. The Morgan fingerprint density at radius 2 is 1.48 bits per heavy atom. The van der Waals surface area contributed by atoms with E-state index in [-0.39, 0.29) is 0 Å². The molecule has 124 valence electrons. The van der Waals surface area contributed by atoms with Crippen LogP contribution < -0.4 is 0 Å². The van der Waals surface area contributed by atoms with Gasteiger partial charge in [-0.25, -0.2) is 0 Å². The third kappa shape index (κ3) is 3.53. The molecule has 0 saturated carbocycles. The van der Waals surface area contributed by atoms with Crippen LogP contribution in [0, 0.1) is 5.92 Å². The van der Waals surface area contributed by atoms with Gasteiger partial charge in [-0.05, 0) is 53.5 Å². The van der Waals surface area contributed by atoms with Crippen molar-refractivity contribution in [1.29, 1.82) is 0 Å². The maximum absolute atomic E-state index is 4.36. The molecule has 0 amide bonds. The fourth-order valence-electron chi connectivity index (χ4n) is 3.97. The first-order chi connectivity index (χ1) is 12.4. The minimum absolute atomic E-state index is 0.296. The highest BCUT2D eigenvalue weighted by molar-refractivity contribution is 5.33. The molecule has 0 bridgehead atoms. The minimum atomic E-state index is 0.296. The van der Waals surface area contributed by atoms with Gasteiger partial charge in [0.25, 0.3) is 0 Å². The maximum Gasteiger partial charge on any atom is 0.0306 e. The maximum atomic E-state index is 4.36. The Hall–Kier alpha value is -2.74. The normalized spacial score (nSPS) is 19.9. The molecule has 2 heteroatoms. The summed E-state index contributed by atoms with van der Waals surface area (Å²) in [4.78, 5) is 8.72. The molecule has 0 saturated heterocycles. The van der Waals surface area contributed by atoms with E-state index in [9.17, 15) is 0 Å². The smallest absolute Gasteiger partial charge is 0.0306 e. The summed E-state index contributed by atoms with van der Waals surface area (Å²) in [5, 5.41) is 0. The lowest BCUT2D eigenvalue weighted by Gasteiger charge is -2.31. The van der Waals surface area contributed by atoms with E-state index in [1.54, 1.807) is 0 Å². The van der Waals surface area contributed by atoms with Crippen molar-refractivity contribution < 1.29 is 0 Å². The summed E-state index contributed by atoms with van der Waals surface area (Å²) >= 11 is 0. The molecule has 0 aliphatic heterocycles. The van der Waals surface area contributed by atoms with Crippen molar-refractivity contribution in [2.75, 3.05) is 0 Å². The number of hydrogen-bond acceptors (Lipinski definition) is 2.